The molecule has 0 spiro atoms. The van der Waals surface area contributed by atoms with E-state index in [-0.39, 0.29) is 0 Å². The van der Waals surface area contributed by atoms with E-state index in [4.69, 9.17) is 11.5 Å². The third kappa shape index (κ3) is 2.51. The van der Waals surface area contributed by atoms with E-state index in [0.717, 1.165) is 5.57 Å². The van der Waals surface area contributed by atoms with Gasteiger partial charge in [-0.3, -0.25) is 0 Å². The summed E-state index contributed by atoms with van der Waals surface area (Å²) >= 11 is 0. The number of nitrogens with two attached hydrogens (primary N) is 2. The quantitative estimate of drug-likeness (QED) is 0.570. The summed E-state index contributed by atoms with van der Waals surface area (Å²) in [5.41, 5.74) is 12.5. The van der Waals surface area contributed by atoms with Crippen molar-refractivity contribution >= 4 is 0 Å². The van der Waals surface area contributed by atoms with Crippen LogP contribution in [0.25, 0.3) is 0 Å². The molecule has 56 valence electrons. The second kappa shape index (κ2) is 4.82. The molecule has 0 bridgehead atoms. The van der Waals surface area contributed by atoms with Crippen LogP contribution < -0.4 is 11.5 Å². The SMILES string of the molecule is C=C/C(N)=C(\C=C/C)CN. The second-order valence-electron chi connectivity index (χ2n) is 1.89. The highest BCUT2D eigenvalue weighted by Crippen LogP contribution is 1.99. The molecule has 10 heavy (non-hydrogen) atoms. The Morgan fingerprint density at radius 2 is 2.20 bits per heavy atom. The first-order valence-electron chi connectivity index (χ1n) is 3.20. The third-order valence-electron chi connectivity index (χ3n) is 1.18. The predicted molar refractivity (Wildman–Crippen MR) is 45.3 cm³/mol. The lowest BCUT2D eigenvalue weighted by Gasteiger charge is -1.99. The summed E-state index contributed by atoms with van der Waals surface area (Å²) in [7, 11) is 0. The van der Waals surface area contributed by atoms with Gasteiger partial charge in [0.1, 0.15) is 0 Å². The van der Waals surface area contributed by atoms with Crippen molar-refractivity contribution in [2.45, 2.75) is 6.92 Å². The highest BCUT2D eigenvalue weighted by Gasteiger charge is 1.90. The molecule has 0 aliphatic rings. The van der Waals surface area contributed by atoms with Crippen LogP contribution in [-0.2, 0) is 0 Å². The molecule has 0 aromatic rings. The number of hydrogen-bond donors (Lipinski definition) is 2. The first-order chi connectivity index (χ1) is 4.76. The largest absolute Gasteiger partial charge is 0.398 e. The Morgan fingerprint density at radius 3 is 2.50 bits per heavy atom. The zero-order chi connectivity index (χ0) is 7.98. The number of rotatable bonds is 3. The average Bonchev–Trinajstić information content (AvgIpc) is 1.99. The van der Waals surface area contributed by atoms with Crippen LogP contribution in [0.3, 0.4) is 0 Å². The maximum atomic E-state index is 5.54. The van der Waals surface area contributed by atoms with Crippen molar-refractivity contribution in [1.82, 2.24) is 0 Å². The zero-order valence-corrected chi connectivity index (χ0v) is 6.30. The topological polar surface area (TPSA) is 52.0 Å². The predicted octanol–water partition coefficient (Wildman–Crippen LogP) is 0.920. The molecule has 2 heteroatoms. The van der Waals surface area contributed by atoms with E-state index in [9.17, 15) is 0 Å². The van der Waals surface area contributed by atoms with Gasteiger partial charge in [-0.2, -0.15) is 0 Å². The highest BCUT2D eigenvalue weighted by molar-refractivity contribution is 5.30. The van der Waals surface area contributed by atoms with Gasteiger partial charge in [-0.05, 0) is 18.6 Å². The van der Waals surface area contributed by atoms with Gasteiger partial charge in [-0.1, -0.05) is 18.7 Å². The molecule has 0 aromatic carbocycles. The van der Waals surface area contributed by atoms with Crippen LogP contribution in [0, 0.1) is 0 Å². The molecule has 0 saturated carbocycles. The Kier molecular flexibility index (Phi) is 4.33. The van der Waals surface area contributed by atoms with Crippen LogP contribution in [0.1, 0.15) is 6.92 Å². The van der Waals surface area contributed by atoms with Gasteiger partial charge in [0.2, 0.25) is 0 Å². The normalized spacial score (nSPS) is 13.4. The maximum absolute atomic E-state index is 5.54. The molecule has 0 atom stereocenters. The third-order valence-corrected chi connectivity index (χ3v) is 1.18. The van der Waals surface area contributed by atoms with Crippen LogP contribution in [0.5, 0.6) is 0 Å². The van der Waals surface area contributed by atoms with Gasteiger partial charge in [-0.25, -0.2) is 0 Å². The molecular weight excluding hydrogens is 124 g/mol. The molecule has 0 radical (unpaired) electrons. The Hall–Kier alpha value is -1.02. The zero-order valence-electron chi connectivity index (χ0n) is 6.30. The van der Waals surface area contributed by atoms with Crippen LogP contribution >= 0.6 is 0 Å². The van der Waals surface area contributed by atoms with Gasteiger partial charge in [0.05, 0.1) is 0 Å². The van der Waals surface area contributed by atoms with Crippen molar-refractivity contribution in [2.24, 2.45) is 11.5 Å². The average molecular weight is 138 g/mol. The van der Waals surface area contributed by atoms with Crippen LogP contribution in [-0.4, -0.2) is 6.54 Å². The molecule has 0 aliphatic carbocycles. The molecule has 0 fully saturated rings. The second-order valence-corrected chi connectivity index (χ2v) is 1.89. The lowest BCUT2D eigenvalue weighted by Crippen LogP contribution is -2.07. The highest BCUT2D eigenvalue weighted by atomic mass is 14.6. The molecular formula is C8H14N2. The standard InChI is InChI=1S/C8H14N2/c1-3-5-7(6-9)8(10)4-2/h3-5H,2,6,9-10H2,1H3/b5-3-,8-7-. The molecule has 0 aromatic heterocycles. The molecule has 0 heterocycles. The minimum Gasteiger partial charge on any atom is -0.398 e. The van der Waals surface area contributed by atoms with Gasteiger partial charge in [0.15, 0.2) is 0 Å². The summed E-state index contributed by atoms with van der Waals surface area (Å²) in [6.45, 7) is 5.92. The van der Waals surface area contributed by atoms with Gasteiger partial charge in [0, 0.05) is 12.2 Å². The smallest absolute Gasteiger partial charge is 0.0353 e. The van der Waals surface area contributed by atoms with E-state index in [1.807, 2.05) is 19.1 Å². The van der Waals surface area contributed by atoms with Crippen LogP contribution in [0.2, 0.25) is 0 Å². The van der Waals surface area contributed by atoms with E-state index >= 15 is 0 Å². The molecule has 0 amide bonds. The minimum atomic E-state index is 0.461. The summed E-state index contributed by atoms with van der Waals surface area (Å²) < 4.78 is 0. The van der Waals surface area contributed by atoms with Crippen molar-refractivity contribution in [2.75, 3.05) is 6.54 Å². The molecule has 4 N–H and O–H groups in total. The summed E-state index contributed by atoms with van der Waals surface area (Å²) in [6.07, 6.45) is 5.39. The van der Waals surface area contributed by atoms with E-state index in [1.165, 1.54) is 0 Å². The van der Waals surface area contributed by atoms with Crippen molar-refractivity contribution in [1.29, 1.82) is 0 Å². The van der Waals surface area contributed by atoms with Crippen molar-refractivity contribution in [3.05, 3.63) is 36.1 Å². The monoisotopic (exact) mass is 138 g/mol. The molecule has 2 nitrogen and oxygen atoms in total. The fourth-order valence-corrected chi connectivity index (χ4v) is 0.614. The summed E-state index contributed by atoms with van der Waals surface area (Å²) in [6, 6.07) is 0. The van der Waals surface area contributed by atoms with Crippen LogP contribution in [0.15, 0.2) is 36.1 Å². The Morgan fingerprint density at radius 1 is 1.60 bits per heavy atom. The van der Waals surface area contributed by atoms with E-state index in [1.54, 1.807) is 6.08 Å². The molecule has 0 unspecified atom stereocenters. The Labute approximate surface area is 61.9 Å². The fourth-order valence-electron chi connectivity index (χ4n) is 0.614. The van der Waals surface area contributed by atoms with Gasteiger partial charge in [0.25, 0.3) is 0 Å². The summed E-state index contributed by atoms with van der Waals surface area (Å²) in [4.78, 5) is 0. The van der Waals surface area contributed by atoms with Crippen LogP contribution in [0.4, 0.5) is 0 Å². The van der Waals surface area contributed by atoms with E-state index in [2.05, 4.69) is 6.58 Å². The lowest BCUT2D eigenvalue weighted by molar-refractivity contribution is 1.14. The molecule has 0 rings (SSSR count). The van der Waals surface area contributed by atoms with Gasteiger partial charge < -0.3 is 11.5 Å². The fraction of sp³-hybridized carbons (Fsp3) is 0.250. The van der Waals surface area contributed by atoms with Crippen molar-refractivity contribution < 1.29 is 0 Å². The van der Waals surface area contributed by atoms with Gasteiger partial charge >= 0.3 is 0 Å². The number of hydrogen-bond acceptors (Lipinski definition) is 2. The maximum Gasteiger partial charge on any atom is 0.0353 e. The Bertz CT molecular complexity index is 166. The Balaban J connectivity index is 4.44. The van der Waals surface area contributed by atoms with E-state index < -0.39 is 0 Å². The summed E-state index contributed by atoms with van der Waals surface area (Å²) in [5.74, 6) is 0. The minimum absolute atomic E-state index is 0.461. The first-order valence-corrected chi connectivity index (χ1v) is 3.20. The molecule has 0 saturated heterocycles. The first kappa shape index (κ1) is 8.98. The van der Waals surface area contributed by atoms with E-state index in [0.29, 0.717) is 12.2 Å². The molecule has 0 aliphatic heterocycles. The van der Waals surface area contributed by atoms with Crippen molar-refractivity contribution in [3.8, 4) is 0 Å². The number of allylic oxidation sites excluding steroid dienone is 2. The lowest BCUT2D eigenvalue weighted by atomic mass is 10.2. The van der Waals surface area contributed by atoms with Crippen molar-refractivity contribution in [3.63, 3.8) is 0 Å². The van der Waals surface area contributed by atoms with Gasteiger partial charge in [-0.15, -0.1) is 0 Å². The summed E-state index contributed by atoms with van der Waals surface area (Å²) in [5, 5.41) is 0.